The number of carbonyl (C=O) groups excluding carboxylic acids is 1. The average Bonchev–Trinajstić information content (AvgIpc) is 2.61. The average molecular weight is 379 g/mol. The molecule has 1 atom stereocenters. The van der Waals surface area contributed by atoms with E-state index in [2.05, 4.69) is 52.0 Å². The fourth-order valence-electron chi connectivity index (χ4n) is 3.12. The zero-order valence-corrected chi connectivity index (χ0v) is 17.7. The van der Waals surface area contributed by atoms with E-state index < -0.39 is 0 Å². The standard InChI is InChI=1S/C25H30OS/c1-19-10-8-9-13-21(19)16-24(27)18-22(25(2,3)4)17-23(26)15-14-20-11-6-5-7-12-20/h5-15,22H,16-18H2,1-4H3/b15-14+. The molecule has 0 saturated carbocycles. The minimum Gasteiger partial charge on any atom is -0.295 e. The van der Waals surface area contributed by atoms with Gasteiger partial charge in [0.05, 0.1) is 0 Å². The molecule has 0 aliphatic heterocycles. The van der Waals surface area contributed by atoms with Crippen LogP contribution in [-0.4, -0.2) is 10.6 Å². The Bertz CT molecular complexity index is 797. The van der Waals surface area contributed by atoms with Crippen LogP contribution in [0.4, 0.5) is 0 Å². The molecule has 1 nitrogen and oxygen atoms in total. The van der Waals surface area contributed by atoms with Crippen LogP contribution < -0.4 is 0 Å². The molecule has 2 aromatic rings. The molecule has 142 valence electrons. The highest BCUT2D eigenvalue weighted by Crippen LogP contribution is 2.33. The van der Waals surface area contributed by atoms with Gasteiger partial charge in [0.25, 0.3) is 0 Å². The normalized spacial score (nSPS) is 12.9. The number of allylic oxidation sites excluding steroid dienone is 1. The summed E-state index contributed by atoms with van der Waals surface area (Å²) in [5.74, 6) is 0.402. The van der Waals surface area contributed by atoms with E-state index in [1.807, 2.05) is 36.4 Å². The summed E-state index contributed by atoms with van der Waals surface area (Å²) >= 11 is 5.71. The van der Waals surface area contributed by atoms with Gasteiger partial charge in [-0.15, -0.1) is 0 Å². The molecule has 27 heavy (non-hydrogen) atoms. The zero-order valence-electron chi connectivity index (χ0n) is 16.9. The van der Waals surface area contributed by atoms with Crippen LogP contribution in [0.15, 0.2) is 60.7 Å². The fourth-order valence-corrected chi connectivity index (χ4v) is 3.47. The summed E-state index contributed by atoms with van der Waals surface area (Å²) in [6, 6.07) is 18.3. The predicted molar refractivity (Wildman–Crippen MR) is 120 cm³/mol. The number of hydrogen-bond acceptors (Lipinski definition) is 2. The highest BCUT2D eigenvalue weighted by atomic mass is 32.1. The Morgan fingerprint density at radius 3 is 2.26 bits per heavy atom. The van der Waals surface area contributed by atoms with Crippen molar-refractivity contribution in [3.63, 3.8) is 0 Å². The van der Waals surface area contributed by atoms with Crippen LogP contribution in [0.25, 0.3) is 6.08 Å². The Labute approximate surface area is 169 Å². The monoisotopic (exact) mass is 378 g/mol. The van der Waals surface area contributed by atoms with Crippen molar-refractivity contribution in [1.82, 2.24) is 0 Å². The molecule has 0 spiro atoms. The summed E-state index contributed by atoms with van der Waals surface area (Å²) < 4.78 is 0. The molecule has 0 radical (unpaired) electrons. The zero-order chi connectivity index (χ0) is 19.9. The minimum atomic E-state index is 0.0338. The summed E-state index contributed by atoms with van der Waals surface area (Å²) in [4.78, 5) is 13.6. The summed E-state index contributed by atoms with van der Waals surface area (Å²) in [6.45, 7) is 8.71. The maximum atomic E-state index is 12.5. The Balaban J connectivity index is 2.00. The maximum Gasteiger partial charge on any atom is 0.156 e. The van der Waals surface area contributed by atoms with E-state index in [1.54, 1.807) is 6.08 Å². The first-order valence-corrected chi connectivity index (χ1v) is 9.98. The van der Waals surface area contributed by atoms with Crippen molar-refractivity contribution in [2.75, 3.05) is 0 Å². The lowest BCUT2D eigenvalue weighted by Crippen LogP contribution is -2.25. The maximum absolute atomic E-state index is 12.5. The quantitative estimate of drug-likeness (QED) is 0.379. The molecule has 2 aromatic carbocycles. The van der Waals surface area contributed by atoms with Crippen LogP contribution in [0.5, 0.6) is 0 Å². The molecule has 0 fully saturated rings. The first-order valence-electron chi connectivity index (χ1n) is 9.58. The van der Waals surface area contributed by atoms with Gasteiger partial charge in [-0.05, 0) is 52.3 Å². The van der Waals surface area contributed by atoms with Gasteiger partial charge in [-0.2, -0.15) is 0 Å². The van der Waals surface area contributed by atoms with E-state index in [9.17, 15) is 4.79 Å². The number of carbonyl (C=O) groups is 1. The molecule has 0 saturated heterocycles. The third-order valence-corrected chi connectivity index (χ3v) is 5.37. The molecule has 0 amide bonds. The number of benzene rings is 2. The molecular formula is C25H30OS. The number of rotatable bonds is 8. The van der Waals surface area contributed by atoms with E-state index in [4.69, 9.17) is 12.2 Å². The smallest absolute Gasteiger partial charge is 0.156 e. The van der Waals surface area contributed by atoms with Gasteiger partial charge >= 0.3 is 0 Å². The van der Waals surface area contributed by atoms with Crippen molar-refractivity contribution in [1.29, 1.82) is 0 Å². The third kappa shape index (κ3) is 7.22. The van der Waals surface area contributed by atoms with Crippen molar-refractivity contribution in [3.05, 3.63) is 77.4 Å². The first-order chi connectivity index (χ1) is 12.8. The Hall–Kier alpha value is -2.06. The number of thiocarbonyl (C=S) groups is 1. The highest BCUT2D eigenvalue weighted by molar-refractivity contribution is 7.80. The summed E-state index contributed by atoms with van der Waals surface area (Å²) in [5.41, 5.74) is 3.64. The van der Waals surface area contributed by atoms with Crippen molar-refractivity contribution in [2.24, 2.45) is 11.3 Å². The Kier molecular flexibility index (Phi) is 7.67. The summed E-state index contributed by atoms with van der Waals surface area (Å²) in [6.07, 6.45) is 5.74. The molecule has 0 heterocycles. The van der Waals surface area contributed by atoms with Gasteiger partial charge in [-0.25, -0.2) is 0 Å². The fraction of sp³-hybridized carbons (Fsp3) is 0.360. The van der Waals surface area contributed by atoms with Crippen molar-refractivity contribution in [3.8, 4) is 0 Å². The number of aryl methyl sites for hydroxylation is 1. The van der Waals surface area contributed by atoms with E-state index >= 15 is 0 Å². The van der Waals surface area contributed by atoms with Crippen LogP contribution in [0.1, 0.15) is 50.3 Å². The second-order valence-corrected chi connectivity index (χ2v) is 8.90. The van der Waals surface area contributed by atoms with Crippen molar-refractivity contribution in [2.45, 2.75) is 47.0 Å². The molecule has 0 aliphatic carbocycles. The number of ketones is 1. The second kappa shape index (κ2) is 9.75. The summed E-state index contributed by atoms with van der Waals surface area (Å²) in [7, 11) is 0. The molecule has 2 rings (SSSR count). The molecular weight excluding hydrogens is 348 g/mol. The lowest BCUT2D eigenvalue weighted by molar-refractivity contribution is -0.116. The van der Waals surface area contributed by atoms with E-state index in [0.29, 0.717) is 6.42 Å². The molecule has 0 aliphatic rings. The van der Waals surface area contributed by atoms with Crippen LogP contribution in [0, 0.1) is 18.3 Å². The topological polar surface area (TPSA) is 17.1 Å². The Morgan fingerprint density at radius 2 is 1.63 bits per heavy atom. The minimum absolute atomic E-state index is 0.0338. The molecule has 0 N–H and O–H groups in total. The molecule has 0 aromatic heterocycles. The van der Waals surface area contributed by atoms with Gasteiger partial charge in [0.1, 0.15) is 0 Å². The second-order valence-electron chi connectivity index (χ2n) is 8.32. The van der Waals surface area contributed by atoms with Crippen LogP contribution in [0.2, 0.25) is 0 Å². The van der Waals surface area contributed by atoms with Gasteiger partial charge < -0.3 is 0 Å². The predicted octanol–water partition coefficient (Wildman–Crippen LogP) is 6.63. The highest BCUT2D eigenvalue weighted by Gasteiger charge is 2.27. The molecule has 2 heteroatoms. The lowest BCUT2D eigenvalue weighted by atomic mass is 9.75. The first kappa shape index (κ1) is 21.2. The van der Waals surface area contributed by atoms with Crippen molar-refractivity contribution < 1.29 is 4.79 Å². The largest absolute Gasteiger partial charge is 0.295 e. The van der Waals surface area contributed by atoms with Gasteiger partial charge in [0, 0.05) is 12.8 Å². The molecule has 0 bridgehead atoms. The SMILES string of the molecule is Cc1ccccc1CC(=S)CC(CC(=O)/C=C/c1ccccc1)C(C)(C)C. The van der Waals surface area contributed by atoms with Gasteiger partial charge in [-0.3, -0.25) is 4.79 Å². The van der Waals surface area contributed by atoms with Crippen LogP contribution in [-0.2, 0) is 11.2 Å². The van der Waals surface area contributed by atoms with E-state index in [-0.39, 0.29) is 17.1 Å². The summed E-state index contributed by atoms with van der Waals surface area (Å²) in [5, 5.41) is 0. The third-order valence-electron chi connectivity index (χ3n) is 5.06. The van der Waals surface area contributed by atoms with Gasteiger partial charge in [0.15, 0.2) is 5.78 Å². The van der Waals surface area contributed by atoms with Crippen LogP contribution in [0.3, 0.4) is 0 Å². The van der Waals surface area contributed by atoms with E-state index in [0.717, 1.165) is 23.3 Å². The van der Waals surface area contributed by atoms with Crippen LogP contribution >= 0.6 is 12.2 Å². The van der Waals surface area contributed by atoms with Gasteiger partial charge in [0.2, 0.25) is 0 Å². The number of hydrogen-bond donors (Lipinski definition) is 0. The molecule has 1 unspecified atom stereocenters. The van der Waals surface area contributed by atoms with E-state index in [1.165, 1.54) is 11.1 Å². The van der Waals surface area contributed by atoms with Crippen molar-refractivity contribution >= 4 is 28.9 Å². The Morgan fingerprint density at radius 1 is 1.00 bits per heavy atom. The lowest BCUT2D eigenvalue weighted by Gasteiger charge is -2.30. The van der Waals surface area contributed by atoms with Gasteiger partial charge in [-0.1, -0.05) is 93.7 Å².